The second-order valence-electron chi connectivity index (χ2n) is 4.73. The topological polar surface area (TPSA) is 49.3 Å². The van der Waals surface area contributed by atoms with E-state index in [0.717, 1.165) is 12.0 Å². The molecule has 0 heterocycles. The molecular formula is C18H19NO2. The van der Waals surface area contributed by atoms with Crippen LogP contribution in [0.25, 0.3) is 6.08 Å². The van der Waals surface area contributed by atoms with Crippen LogP contribution in [0.5, 0.6) is 0 Å². The van der Waals surface area contributed by atoms with Gasteiger partial charge in [-0.2, -0.15) is 0 Å². The lowest BCUT2D eigenvalue weighted by Gasteiger charge is -2.07. The van der Waals surface area contributed by atoms with Crippen LogP contribution in [0.15, 0.2) is 54.6 Å². The number of hydrogen-bond donors (Lipinski definition) is 2. The van der Waals surface area contributed by atoms with Crippen molar-refractivity contribution in [3.8, 4) is 0 Å². The number of aryl methyl sites for hydroxylation is 1. The maximum atomic E-state index is 11.9. The molecule has 2 aromatic carbocycles. The molecule has 0 atom stereocenters. The summed E-state index contributed by atoms with van der Waals surface area (Å²) in [6.45, 7) is 2.01. The number of aliphatic hydroxyl groups excluding tert-OH is 1. The molecule has 0 saturated heterocycles. The summed E-state index contributed by atoms with van der Waals surface area (Å²) in [6.07, 6.45) is 4.27. The van der Waals surface area contributed by atoms with Gasteiger partial charge in [0.25, 0.3) is 0 Å². The monoisotopic (exact) mass is 281 g/mol. The van der Waals surface area contributed by atoms with E-state index >= 15 is 0 Å². The Hall–Kier alpha value is -2.39. The van der Waals surface area contributed by atoms with Gasteiger partial charge in [-0.05, 0) is 29.7 Å². The normalized spacial score (nSPS) is 10.8. The molecule has 3 nitrogen and oxygen atoms in total. The molecule has 2 aromatic rings. The highest BCUT2D eigenvalue weighted by molar-refractivity contribution is 6.02. The number of rotatable bonds is 5. The van der Waals surface area contributed by atoms with Crippen molar-refractivity contribution >= 4 is 17.7 Å². The maximum Gasteiger partial charge on any atom is 0.248 e. The molecule has 21 heavy (non-hydrogen) atoms. The predicted octanol–water partition coefficient (Wildman–Crippen LogP) is 3.39. The minimum Gasteiger partial charge on any atom is -0.392 e. The van der Waals surface area contributed by atoms with Gasteiger partial charge in [-0.15, -0.1) is 0 Å². The molecule has 0 aliphatic carbocycles. The zero-order valence-corrected chi connectivity index (χ0v) is 12.0. The van der Waals surface area contributed by atoms with Crippen LogP contribution in [0.3, 0.4) is 0 Å². The Balaban J connectivity index is 2.02. The van der Waals surface area contributed by atoms with Crippen LogP contribution in [0.1, 0.15) is 23.6 Å². The largest absolute Gasteiger partial charge is 0.392 e. The van der Waals surface area contributed by atoms with E-state index < -0.39 is 0 Å². The second-order valence-corrected chi connectivity index (χ2v) is 4.73. The van der Waals surface area contributed by atoms with Gasteiger partial charge in [0.1, 0.15) is 0 Å². The van der Waals surface area contributed by atoms with Gasteiger partial charge in [-0.3, -0.25) is 4.79 Å². The van der Waals surface area contributed by atoms with Gasteiger partial charge in [0.15, 0.2) is 0 Å². The summed E-state index contributed by atoms with van der Waals surface area (Å²) in [5, 5.41) is 12.0. The van der Waals surface area contributed by atoms with Crippen molar-refractivity contribution in [3.63, 3.8) is 0 Å². The van der Waals surface area contributed by atoms with Gasteiger partial charge in [0, 0.05) is 17.3 Å². The molecule has 3 heteroatoms. The number of para-hydroxylation sites is 1. The average Bonchev–Trinajstić information content (AvgIpc) is 2.54. The second kappa shape index (κ2) is 7.41. The third-order valence-corrected chi connectivity index (χ3v) is 3.26. The Morgan fingerprint density at radius 2 is 1.86 bits per heavy atom. The number of amides is 1. The number of benzene rings is 2. The van der Waals surface area contributed by atoms with Crippen molar-refractivity contribution in [2.24, 2.45) is 0 Å². The van der Waals surface area contributed by atoms with Crippen LogP contribution >= 0.6 is 0 Å². The molecule has 1 amide bonds. The zero-order valence-electron chi connectivity index (χ0n) is 12.0. The van der Waals surface area contributed by atoms with Crippen LogP contribution in [0, 0.1) is 0 Å². The van der Waals surface area contributed by atoms with Crippen molar-refractivity contribution in [1.82, 2.24) is 0 Å². The Kier molecular flexibility index (Phi) is 5.29. The lowest BCUT2D eigenvalue weighted by Crippen LogP contribution is -2.09. The van der Waals surface area contributed by atoms with E-state index in [2.05, 4.69) is 24.4 Å². The summed E-state index contributed by atoms with van der Waals surface area (Å²) in [5.41, 5.74) is 3.59. The maximum absolute atomic E-state index is 11.9. The first kappa shape index (κ1) is 15.0. The van der Waals surface area contributed by atoms with Gasteiger partial charge in [-0.25, -0.2) is 0 Å². The molecule has 0 aliphatic rings. The van der Waals surface area contributed by atoms with Crippen LogP contribution in [-0.2, 0) is 17.8 Å². The first-order valence-electron chi connectivity index (χ1n) is 6.99. The fraction of sp³-hybridized carbons (Fsp3) is 0.167. The van der Waals surface area contributed by atoms with Crippen LogP contribution in [-0.4, -0.2) is 11.0 Å². The summed E-state index contributed by atoms with van der Waals surface area (Å²) >= 11 is 0. The highest BCUT2D eigenvalue weighted by atomic mass is 16.3. The number of carbonyl (C=O) groups excluding carboxylic acids is 1. The summed E-state index contributed by atoms with van der Waals surface area (Å²) < 4.78 is 0. The van der Waals surface area contributed by atoms with Gasteiger partial charge < -0.3 is 10.4 Å². The fourth-order valence-electron chi connectivity index (χ4n) is 1.99. The Morgan fingerprint density at radius 1 is 1.14 bits per heavy atom. The number of carbonyl (C=O) groups is 1. The molecule has 0 radical (unpaired) electrons. The summed E-state index contributed by atoms with van der Waals surface area (Å²) in [5.74, 6) is -0.213. The number of nitrogens with one attached hydrogen (secondary N) is 1. The molecule has 0 fully saturated rings. The minimum atomic E-state index is -0.213. The van der Waals surface area contributed by atoms with Gasteiger partial charge in [0.2, 0.25) is 5.91 Å². The molecule has 0 aromatic heterocycles. The standard InChI is InChI=1S/C18H19NO2/c1-2-14-7-9-15(10-8-14)11-12-18(21)19-17-6-4-3-5-16(17)13-20/h3-12,20H,2,13H2,1H3,(H,19,21). The van der Waals surface area contributed by atoms with E-state index in [9.17, 15) is 9.90 Å². The zero-order chi connectivity index (χ0) is 15.1. The van der Waals surface area contributed by atoms with E-state index in [1.165, 1.54) is 11.6 Å². The number of aliphatic hydroxyl groups is 1. The molecule has 0 unspecified atom stereocenters. The van der Waals surface area contributed by atoms with Crippen molar-refractivity contribution in [1.29, 1.82) is 0 Å². The SMILES string of the molecule is CCc1ccc(C=CC(=O)Nc2ccccc2CO)cc1. The lowest BCUT2D eigenvalue weighted by atomic mass is 10.1. The third-order valence-electron chi connectivity index (χ3n) is 3.26. The third kappa shape index (κ3) is 4.29. The summed E-state index contributed by atoms with van der Waals surface area (Å²) in [4.78, 5) is 11.9. The molecule has 0 spiro atoms. The van der Waals surface area contributed by atoms with Crippen molar-refractivity contribution in [3.05, 3.63) is 71.3 Å². The number of hydrogen-bond acceptors (Lipinski definition) is 2. The van der Waals surface area contributed by atoms with E-state index in [4.69, 9.17) is 0 Å². The first-order chi connectivity index (χ1) is 10.2. The lowest BCUT2D eigenvalue weighted by molar-refractivity contribution is -0.111. The van der Waals surface area contributed by atoms with Crippen molar-refractivity contribution in [2.75, 3.05) is 5.32 Å². The molecule has 0 aliphatic heterocycles. The highest BCUT2D eigenvalue weighted by Gasteiger charge is 2.02. The minimum absolute atomic E-state index is 0.0986. The Morgan fingerprint density at radius 3 is 2.52 bits per heavy atom. The van der Waals surface area contributed by atoms with E-state index in [0.29, 0.717) is 11.3 Å². The Labute approximate surface area is 124 Å². The molecule has 0 bridgehead atoms. The molecule has 0 saturated carbocycles. The molecular weight excluding hydrogens is 262 g/mol. The Bertz CT molecular complexity index is 630. The van der Waals surface area contributed by atoms with E-state index in [-0.39, 0.29) is 12.5 Å². The van der Waals surface area contributed by atoms with E-state index in [1.807, 2.05) is 24.3 Å². The van der Waals surface area contributed by atoms with E-state index in [1.54, 1.807) is 18.2 Å². The summed E-state index contributed by atoms with van der Waals surface area (Å²) in [7, 11) is 0. The van der Waals surface area contributed by atoms with Gasteiger partial charge in [-0.1, -0.05) is 49.4 Å². The van der Waals surface area contributed by atoms with Crippen molar-refractivity contribution in [2.45, 2.75) is 20.0 Å². The molecule has 108 valence electrons. The van der Waals surface area contributed by atoms with Crippen LogP contribution < -0.4 is 5.32 Å². The first-order valence-corrected chi connectivity index (χ1v) is 6.99. The molecule has 2 N–H and O–H groups in total. The molecule has 2 rings (SSSR count). The predicted molar refractivity (Wildman–Crippen MR) is 85.8 cm³/mol. The van der Waals surface area contributed by atoms with Crippen LogP contribution in [0.2, 0.25) is 0 Å². The quantitative estimate of drug-likeness (QED) is 0.825. The average molecular weight is 281 g/mol. The van der Waals surface area contributed by atoms with Crippen molar-refractivity contribution < 1.29 is 9.90 Å². The fourth-order valence-corrected chi connectivity index (χ4v) is 1.99. The summed E-state index contributed by atoms with van der Waals surface area (Å²) in [6, 6.07) is 15.3. The van der Waals surface area contributed by atoms with Crippen LogP contribution in [0.4, 0.5) is 5.69 Å². The van der Waals surface area contributed by atoms with Gasteiger partial charge in [0.05, 0.1) is 6.61 Å². The number of anilines is 1. The highest BCUT2D eigenvalue weighted by Crippen LogP contribution is 2.15. The smallest absolute Gasteiger partial charge is 0.248 e. The van der Waals surface area contributed by atoms with Gasteiger partial charge >= 0.3 is 0 Å².